The summed E-state index contributed by atoms with van der Waals surface area (Å²) in [7, 11) is 0. The number of halogens is 1. The number of anilines is 1. The largest absolute Gasteiger partial charge is 0.492 e. The van der Waals surface area contributed by atoms with Crippen LogP contribution in [0.3, 0.4) is 0 Å². The van der Waals surface area contributed by atoms with Crippen molar-refractivity contribution >= 4 is 44.3 Å². The zero-order valence-electron chi connectivity index (χ0n) is 20.0. The molecule has 2 aromatic carbocycles. The van der Waals surface area contributed by atoms with E-state index in [1.54, 1.807) is 11.3 Å². The number of hydrogen-bond acceptors (Lipinski definition) is 6. The van der Waals surface area contributed by atoms with Crippen LogP contribution in [0.5, 0.6) is 5.75 Å². The van der Waals surface area contributed by atoms with Gasteiger partial charge in [0.15, 0.2) is 5.13 Å². The molecule has 1 atom stereocenters. The number of carbonyl (C=O) groups is 1. The van der Waals surface area contributed by atoms with E-state index in [4.69, 9.17) is 26.4 Å². The molecule has 0 unspecified atom stereocenters. The molecular weight excluding hydrogens is 470 g/mol. The first-order valence-electron chi connectivity index (χ1n) is 11.8. The molecule has 0 bridgehead atoms. The molecule has 1 aliphatic rings. The van der Waals surface area contributed by atoms with Crippen molar-refractivity contribution in [1.29, 1.82) is 0 Å². The maximum absolute atomic E-state index is 11.0. The number of ether oxygens (including phenoxy) is 1. The van der Waals surface area contributed by atoms with Gasteiger partial charge in [0.05, 0.1) is 16.6 Å². The summed E-state index contributed by atoms with van der Waals surface area (Å²) < 4.78 is 7.23. The Morgan fingerprint density at radius 3 is 2.85 bits per heavy atom. The number of aryl methyl sites for hydroxylation is 1. The maximum atomic E-state index is 11.0. The molecule has 8 heteroatoms. The zero-order valence-corrected chi connectivity index (χ0v) is 21.5. The molecule has 34 heavy (non-hydrogen) atoms. The molecule has 182 valence electrons. The summed E-state index contributed by atoms with van der Waals surface area (Å²) in [6.45, 7) is 10.8. The first-order valence-corrected chi connectivity index (χ1v) is 13.0. The summed E-state index contributed by atoms with van der Waals surface area (Å²) in [5.41, 5.74) is 2.78. The minimum atomic E-state index is -0.833. The number of hydrogen-bond donors (Lipinski definition) is 1. The Kier molecular flexibility index (Phi) is 7.96. The predicted octanol–water partition coefficient (Wildman–Crippen LogP) is 5.50. The maximum Gasteiger partial charge on any atom is 0.307 e. The fourth-order valence-electron chi connectivity index (χ4n) is 4.51. The second-order valence-corrected chi connectivity index (χ2v) is 10.8. The minimum absolute atomic E-state index is 0.00698. The molecule has 1 fully saturated rings. The number of nitrogens with zero attached hydrogens (tertiary/aromatic N) is 3. The number of aliphatic carboxylic acids is 1. The lowest BCUT2D eigenvalue weighted by Gasteiger charge is -2.42. The summed E-state index contributed by atoms with van der Waals surface area (Å²) >= 11 is 7.87. The number of piperazine rings is 1. The van der Waals surface area contributed by atoms with Crippen molar-refractivity contribution in [3.05, 3.63) is 52.5 Å². The molecule has 1 aromatic heterocycles. The van der Waals surface area contributed by atoms with Gasteiger partial charge in [0.1, 0.15) is 12.4 Å². The Bertz CT molecular complexity index is 1150. The highest BCUT2D eigenvalue weighted by Gasteiger charge is 2.29. The molecule has 0 radical (unpaired) electrons. The first kappa shape index (κ1) is 24.8. The van der Waals surface area contributed by atoms with E-state index in [1.807, 2.05) is 43.3 Å². The second kappa shape index (κ2) is 10.9. The van der Waals surface area contributed by atoms with Crippen molar-refractivity contribution in [3.8, 4) is 5.75 Å². The summed E-state index contributed by atoms with van der Waals surface area (Å²) in [6, 6.07) is 11.9. The summed E-state index contributed by atoms with van der Waals surface area (Å²) in [6.07, 6.45) is 1.12. The summed E-state index contributed by atoms with van der Waals surface area (Å²) in [5.74, 6) is 0.531. The standard InChI is InChI=1S/C26H32ClN3O3S/c1-17(2)12-21-16-30(26-28-22-7-6-20(27)15-24(22)34-26)9-8-29(21)10-11-33-23-13-19(14-25(31)32)5-4-18(23)3/h4-7,13,15,17,21H,8-12,14,16H2,1-3H3,(H,31,32)/t21-/m0/s1. The number of benzene rings is 2. The summed E-state index contributed by atoms with van der Waals surface area (Å²) in [5, 5.41) is 10.9. The topological polar surface area (TPSA) is 65.9 Å². The highest BCUT2D eigenvalue weighted by Crippen LogP contribution is 2.32. The molecule has 0 saturated carbocycles. The fraction of sp³-hybridized carbons (Fsp3) is 0.462. The average Bonchev–Trinajstić information content (AvgIpc) is 3.19. The zero-order chi connectivity index (χ0) is 24.2. The van der Waals surface area contributed by atoms with Crippen molar-refractivity contribution in [2.45, 2.75) is 39.7 Å². The van der Waals surface area contributed by atoms with Crippen molar-refractivity contribution in [2.75, 3.05) is 37.7 Å². The lowest BCUT2D eigenvalue weighted by atomic mass is 10.00. The van der Waals surface area contributed by atoms with Gasteiger partial charge in [-0.2, -0.15) is 0 Å². The van der Waals surface area contributed by atoms with Crippen molar-refractivity contribution in [3.63, 3.8) is 0 Å². The lowest BCUT2D eigenvalue weighted by molar-refractivity contribution is -0.136. The van der Waals surface area contributed by atoms with E-state index < -0.39 is 5.97 Å². The van der Waals surface area contributed by atoms with Crippen LogP contribution in [-0.2, 0) is 11.2 Å². The van der Waals surface area contributed by atoms with Crippen LogP contribution < -0.4 is 9.64 Å². The second-order valence-electron chi connectivity index (χ2n) is 9.39. The third-order valence-electron chi connectivity index (χ3n) is 6.20. The Balaban J connectivity index is 1.40. The van der Waals surface area contributed by atoms with Gasteiger partial charge in [0.2, 0.25) is 0 Å². The smallest absolute Gasteiger partial charge is 0.307 e. The Hall–Kier alpha value is -2.35. The van der Waals surface area contributed by atoms with E-state index in [2.05, 4.69) is 23.6 Å². The highest BCUT2D eigenvalue weighted by atomic mass is 35.5. The molecule has 0 amide bonds. The van der Waals surface area contributed by atoms with Crippen LogP contribution >= 0.6 is 22.9 Å². The lowest BCUT2D eigenvalue weighted by Crippen LogP contribution is -2.54. The molecule has 3 aromatic rings. The molecule has 1 aliphatic heterocycles. The van der Waals surface area contributed by atoms with Gasteiger partial charge < -0.3 is 14.7 Å². The normalized spacial score (nSPS) is 17.0. The van der Waals surface area contributed by atoms with Crippen LogP contribution in [0.25, 0.3) is 10.2 Å². The number of aromatic nitrogens is 1. The Morgan fingerprint density at radius 1 is 1.26 bits per heavy atom. The van der Waals surface area contributed by atoms with E-state index in [1.165, 1.54) is 0 Å². The number of fused-ring (bicyclic) bond motifs is 1. The van der Waals surface area contributed by atoms with E-state index in [-0.39, 0.29) is 6.42 Å². The van der Waals surface area contributed by atoms with Gasteiger partial charge in [-0.25, -0.2) is 4.98 Å². The molecule has 1 N–H and O–H groups in total. The minimum Gasteiger partial charge on any atom is -0.492 e. The predicted molar refractivity (Wildman–Crippen MR) is 140 cm³/mol. The van der Waals surface area contributed by atoms with E-state index >= 15 is 0 Å². The van der Waals surface area contributed by atoms with Crippen LogP contribution in [-0.4, -0.2) is 59.8 Å². The quantitative estimate of drug-likeness (QED) is 0.417. The van der Waals surface area contributed by atoms with Crippen LogP contribution in [0.2, 0.25) is 5.02 Å². The number of thiazole rings is 1. The SMILES string of the molecule is Cc1ccc(CC(=O)O)cc1OCCN1CCN(c2nc3ccc(Cl)cc3s2)C[C@@H]1CC(C)C. The number of carboxylic acids is 1. The van der Waals surface area contributed by atoms with Gasteiger partial charge in [-0.1, -0.05) is 48.9 Å². The Labute approximate surface area is 210 Å². The van der Waals surface area contributed by atoms with Crippen LogP contribution in [0.15, 0.2) is 36.4 Å². The van der Waals surface area contributed by atoms with Crippen molar-refractivity contribution < 1.29 is 14.6 Å². The Morgan fingerprint density at radius 2 is 2.09 bits per heavy atom. The van der Waals surface area contributed by atoms with Gasteiger partial charge in [0.25, 0.3) is 0 Å². The molecule has 2 heterocycles. The summed E-state index contributed by atoms with van der Waals surface area (Å²) in [4.78, 5) is 20.8. The monoisotopic (exact) mass is 501 g/mol. The third-order valence-corrected chi connectivity index (χ3v) is 7.52. The molecule has 0 aliphatic carbocycles. The number of carboxylic acid groups (broad SMARTS) is 1. The van der Waals surface area contributed by atoms with Gasteiger partial charge in [-0.05, 0) is 54.7 Å². The van der Waals surface area contributed by atoms with Crippen molar-refractivity contribution in [2.24, 2.45) is 5.92 Å². The van der Waals surface area contributed by atoms with Gasteiger partial charge in [-0.3, -0.25) is 9.69 Å². The molecule has 1 saturated heterocycles. The van der Waals surface area contributed by atoms with Gasteiger partial charge in [-0.15, -0.1) is 0 Å². The number of rotatable bonds is 9. The first-order chi connectivity index (χ1) is 16.3. The van der Waals surface area contributed by atoms with Gasteiger partial charge >= 0.3 is 5.97 Å². The van der Waals surface area contributed by atoms with E-state index in [0.29, 0.717) is 18.6 Å². The molecule has 4 rings (SSSR count). The van der Waals surface area contributed by atoms with Gasteiger partial charge in [0, 0.05) is 37.2 Å². The third kappa shape index (κ3) is 6.20. The fourth-order valence-corrected chi connectivity index (χ4v) is 5.78. The van der Waals surface area contributed by atoms with Crippen LogP contribution in [0.4, 0.5) is 5.13 Å². The molecular formula is C26H32ClN3O3S. The van der Waals surface area contributed by atoms with Crippen molar-refractivity contribution in [1.82, 2.24) is 9.88 Å². The van der Waals surface area contributed by atoms with Crippen LogP contribution in [0.1, 0.15) is 31.4 Å². The van der Waals surface area contributed by atoms with E-state index in [0.717, 1.165) is 69.8 Å². The highest BCUT2D eigenvalue weighted by molar-refractivity contribution is 7.22. The average molecular weight is 502 g/mol. The molecule has 0 spiro atoms. The van der Waals surface area contributed by atoms with E-state index in [9.17, 15) is 4.79 Å². The van der Waals surface area contributed by atoms with Crippen LogP contribution in [0, 0.1) is 12.8 Å². The molecule has 6 nitrogen and oxygen atoms in total.